The lowest BCUT2D eigenvalue weighted by molar-refractivity contribution is 0.404. The number of piperidine rings is 1. The summed E-state index contributed by atoms with van der Waals surface area (Å²) in [5, 5.41) is 3.68. The molecule has 0 spiro atoms. The van der Waals surface area contributed by atoms with Crippen LogP contribution in [0.25, 0.3) is 0 Å². The molecule has 96 valence electrons. The van der Waals surface area contributed by atoms with Gasteiger partial charge in [0.05, 0.1) is 5.75 Å². The molecular weight excluding hydrogens is 258 g/mol. The van der Waals surface area contributed by atoms with Gasteiger partial charge in [0.15, 0.2) is 5.13 Å². The number of hydrogen-bond donors (Lipinski definition) is 2. The fraction of sp³-hybridized carbons (Fsp3) is 0.700. The number of rotatable bonds is 4. The third-order valence-electron chi connectivity index (χ3n) is 2.72. The van der Waals surface area contributed by atoms with Gasteiger partial charge in [-0.1, -0.05) is 0 Å². The molecule has 17 heavy (non-hydrogen) atoms. The lowest BCUT2D eigenvalue weighted by atomic mass is 10.0. The molecule has 5 nitrogen and oxygen atoms in total. The number of anilines is 1. The third kappa shape index (κ3) is 3.93. The van der Waals surface area contributed by atoms with Crippen LogP contribution in [0.2, 0.25) is 0 Å². The molecule has 1 saturated heterocycles. The van der Waals surface area contributed by atoms with E-state index in [1.54, 1.807) is 6.20 Å². The summed E-state index contributed by atoms with van der Waals surface area (Å²) in [6.45, 7) is 3.69. The lowest BCUT2D eigenvalue weighted by Gasteiger charge is -2.22. The van der Waals surface area contributed by atoms with E-state index in [4.69, 9.17) is 0 Å². The van der Waals surface area contributed by atoms with E-state index < -0.39 is 10.0 Å². The predicted octanol–water partition coefficient (Wildman–Crippen LogP) is 1.19. The van der Waals surface area contributed by atoms with Gasteiger partial charge in [-0.05, 0) is 38.8 Å². The Morgan fingerprint density at radius 1 is 1.65 bits per heavy atom. The van der Waals surface area contributed by atoms with E-state index in [2.05, 4.69) is 15.0 Å². The summed E-state index contributed by atoms with van der Waals surface area (Å²) in [5.74, 6) is 0.390. The average molecular weight is 275 g/mol. The molecule has 0 bridgehead atoms. The van der Waals surface area contributed by atoms with E-state index in [9.17, 15) is 8.42 Å². The van der Waals surface area contributed by atoms with Crippen LogP contribution < -0.4 is 10.0 Å². The molecule has 1 aromatic rings. The van der Waals surface area contributed by atoms with Crippen LogP contribution in [0, 0.1) is 12.8 Å². The van der Waals surface area contributed by atoms with Gasteiger partial charge in [-0.3, -0.25) is 4.72 Å². The van der Waals surface area contributed by atoms with Crippen molar-refractivity contribution in [2.75, 3.05) is 23.6 Å². The first-order valence-corrected chi connectivity index (χ1v) is 8.16. The second-order valence-electron chi connectivity index (χ2n) is 4.37. The normalized spacial score (nSPS) is 21.4. The van der Waals surface area contributed by atoms with Gasteiger partial charge in [0.1, 0.15) is 0 Å². The van der Waals surface area contributed by atoms with Crippen molar-refractivity contribution in [1.82, 2.24) is 10.3 Å². The van der Waals surface area contributed by atoms with Crippen molar-refractivity contribution in [3.8, 4) is 0 Å². The van der Waals surface area contributed by atoms with Gasteiger partial charge in [0.25, 0.3) is 0 Å². The van der Waals surface area contributed by atoms with Crippen LogP contribution >= 0.6 is 11.3 Å². The van der Waals surface area contributed by atoms with Crippen molar-refractivity contribution >= 4 is 26.5 Å². The quantitative estimate of drug-likeness (QED) is 0.866. The summed E-state index contributed by atoms with van der Waals surface area (Å²) in [7, 11) is -3.26. The summed E-state index contributed by atoms with van der Waals surface area (Å²) in [4.78, 5) is 5.01. The van der Waals surface area contributed by atoms with Gasteiger partial charge >= 0.3 is 0 Å². The van der Waals surface area contributed by atoms with Crippen LogP contribution in [-0.2, 0) is 10.0 Å². The molecule has 0 aromatic carbocycles. The first-order valence-electron chi connectivity index (χ1n) is 5.69. The molecule has 2 N–H and O–H groups in total. The SMILES string of the molecule is Cc1cnc(NS(=O)(=O)CC2CCCNC2)s1. The fourth-order valence-electron chi connectivity index (χ4n) is 1.95. The zero-order valence-electron chi connectivity index (χ0n) is 9.77. The van der Waals surface area contributed by atoms with Gasteiger partial charge in [0.2, 0.25) is 10.0 Å². The maximum absolute atomic E-state index is 11.9. The van der Waals surface area contributed by atoms with E-state index in [1.165, 1.54) is 11.3 Å². The van der Waals surface area contributed by atoms with Crippen molar-refractivity contribution in [3.63, 3.8) is 0 Å². The number of hydrogen-bond acceptors (Lipinski definition) is 5. The largest absolute Gasteiger partial charge is 0.316 e. The summed E-state index contributed by atoms with van der Waals surface area (Å²) < 4.78 is 26.3. The molecule has 2 heterocycles. The molecule has 0 amide bonds. The monoisotopic (exact) mass is 275 g/mol. The predicted molar refractivity (Wildman–Crippen MR) is 69.9 cm³/mol. The topological polar surface area (TPSA) is 71.1 Å². The molecule has 7 heteroatoms. The van der Waals surface area contributed by atoms with Crippen molar-refractivity contribution in [3.05, 3.63) is 11.1 Å². The smallest absolute Gasteiger partial charge is 0.234 e. The second kappa shape index (κ2) is 5.32. The number of nitrogens with one attached hydrogen (secondary N) is 2. The van der Waals surface area contributed by atoms with Crippen LogP contribution in [0.4, 0.5) is 5.13 Å². The van der Waals surface area contributed by atoms with Crippen LogP contribution in [0.1, 0.15) is 17.7 Å². The minimum absolute atomic E-state index is 0.179. The molecule has 1 fully saturated rings. The zero-order valence-corrected chi connectivity index (χ0v) is 11.4. The Kier molecular flexibility index (Phi) is 4.01. The highest BCUT2D eigenvalue weighted by Gasteiger charge is 2.21. The highest BCUT2D eigenvalue weighted by atomic mass is 32.2. The molecule has 0 radical (unpaired) electrons. The number of thiazole rings is 1. The highest BCUT2D eigenvalue weighted by molar-refractivity contribution is 7.92. The Morgan fingerprint density at radius 2 is 2.47 bits per heavy atom. The van der Waals surface area contributed by atoms with Crippen LogP contribution in [0.3, 0.4) is 0 Å². The van der Waals surface area contributed by atoms with Gasteiger partial charge in [-0.25, -0.2) is 13.4 Å². The Balaban J connectivity index is 1.94. The molecule has 1 aromatic heterocycles. The van der Waals surface area contributed by atoms with Crippen LogP contribution in [0.15, 0.2) is 6.20 Å². The molecule has 2 rings (SSSR count). The van der Waals surface area contributed by atoms with E-state index in [0.717, 1.165) is 30.8 Å². The van der Waals surface area contributed by atoms with Crippen molar-refractivity contribution in [1.29, 1.82) is 0 Å². The van der Waals surface area contributed by atoms with Crippen molar-refractivity contribution in [2.45, 2.75) is 19.8 Å². The minimum Gasteiger partial charge on any atom is -0.316 e. The van der Waals surface area contributed by atoms with Gasteiger partial charge in [-0.2, -0.15) is 0 Å². The van der Waals surface area contributed by atoms with Crippen molar-refractivity contribution in [2.24, 2.45) is 5.92 Å². The average Bonchev–Trinajstić information content (AvgIpc) is 2.63. The Labute approximate surface area is 106 Å². The van der Waals surface area contributed by atoms with Crippen LogP contribution in [-0.4, -0.2) is 32.2 Å². The third-order valence-corrected chi connectivity index (χ3v) is 5.09. The maximum atomic E-state index is 11.9. The van der Waals surface area contributed by atoms with E-state index >= 15 is 0 Å². The second-order valence-corrected chi connectivity index (χ2v) is 7.37. The summed E-state index contributed by atoms with van der Waals surface area (Å²) in [6.07, 6.45) is 3.70. The molecule has 1 aliphatic rings. The number of sulfonamides is 1. The van der Waals surface area contributed by atoms with Gasteiger partial charge in [0, 0.05) is 11.1 Å². The van der Waals surface area contributed by atoms with E-state index in [0.29, 0.717) is 5.13 Å². The highest BCUT2D eigenvalue weighted by Crippen LogP contribution is 2.19. The number of aryl methyl sites for hydroxylation is 1. The molecule has 1 aliphatic heterocycles. The van der Waals surface area contributed by atoms with Gasteiger partial charge < -0.3 is 5.32 Å². The molecule has 1 atom stereocenters. The molecule has 0 aliphatic carbocycles. The summed E-state index contributed by atoms with van der Waals surface area (Å²) in [5.41, 5.74) is 0. The molecule has 1 unspecified atom stereocenters. The maximum Gasteiger partial charge on any atom is 0.234 e. The first kappa shape index (κ1) is 12.8. The Hall–Kier alpha value is -0.660. The summed E-state index contributed by atoms with van der Waals surface area (Å²) in [6, 6.07) is 0. The summed E-state index contributed by atoms with van der Waals surface area (Å²) >= 11 is 1.36. The van der Waals surface area contributed by atoms with E-state index in [-0.39, 0.29) is 11.7 Å². The Morgan fingerprint density at radius 3 is 3.06 bits per heavy atom. The number of aromatic nitrogens is 1. The first-order chi connectivity index (χ1) is 8.05. The minimum atomic E-state index is -3.26. The zero-order chi connectivity index (χ0) is 12.3. The fourth-order valence-corrected chi connectivity index (χ4v) is 4.32. The lowest BCUT2D eigenvalue weighted by Crippen LogP contribution is -2.35. The standard InChI is InChI=1S/C10H17N3O2S2/c1-8-5-12-10(16-8)13-17(14,15)7-9-3-2-4-11-6-9/h5,9,11H,2-4,6-7H2,1H3,(H,12,13). The van der Waals surface area contributed by atoms with E-state index in [1.807, 2.05) is 6.92 Å². The molecular formula is C10H17N3O2S2. The van der Waals surface area contributed by atoms with Crippen LogP contribution in [0.5, 0.6) is 0 Å². The van der Waals surface area contributed by atoms with Crippen molar-refractivity contribution < 1.29 is 8.42 Å². The van der Waals surface area contributed by atoms with Gasteiger partial charge in [-0.15, -0.1) is 11.3 Å². The molecule has 0 saturated carbocycles. The number of nitrogens with zero attached hydrogens (tertiary/aromatic N) is 1. The Bertz CT molecular complexity index is 464.